The van der Waals surface area contributed by atoms with Crippen molar-refractivity contribution in [3.05, 3.63) is 71.9 Å². The van der Waals surface area contributed by atoms with E-state index in [1.54, 1.807) is 7.11 Å². The summed E-state index contributed by atoms with van der Waals surface area (Å²) in [6.07, 6.45) is 0.313. The summed E-state index contributed by atoms with van der Waals surface area (Å²) >= 11 is 0. The molecule has 2 aromatic carbocycles. The van der Waals surface area contributed by atoms with E-state index in [2.05, 4.69) is 10.5 Å². The third-order valence-corrected chi connectivity index (χ3v) is 3.61. The van der Waals surface area contributed by atoms with Crippen molar-refractivity contribution in [3.8, 4) is 17.1 Å². The fourth-order valence-corrected chi connectivity index (χ4v) is 2.31. The fourth-order valence-electron chi connectivity index (χ4n) is 2.31. The molecule has 3 aromatic rings. The van der Waals surface area contributed by atoms with Crippen LogP contribution in [0.3, 0.4) is 0 Å². The molecule has 3 rings (SSSR count). The van der Waals surface area contributed by atoms with Gasteiger partial charge in [0.1, 0.15) is 11.4 Å². The number of hydrogen-bond acceptors (Lipinski definition) is 4. The van der Waals surface area contributed by atoms with Crippen LogP contribution in [0.2, 0.25) is 0 Å². The van der Waals surface area contributed by atoms with Crippen molar-refractivity contribution in [1.82, 2.24) is 10.5 Å². The topological polar surface area (TPSA) is 64.4 Å². The van der Waals surface area contributed by atoms with Gasteiger partial charge in [-0.1, -0.05) is 47.6 Å². The summed E-state index contributed by atoms with van der Waals surface area (Å²) in [5, 5.41) is 6.84. The van der Waals surface area contributed by atoms with Crippen molar-refractivity contribution < 1.29 is 14.1 Å². The van der Waals surface area contributed by atoms with E-state index < -0.39 is 0 Å². The highest BCUT2D eigenvalue weighted by molar-refractivity contribution is 5.78. The molecular weight excluding hydrogens is 304 g/mol. The number of carbonyl (C=O) groups excluding carboxylic acids is 1. The molecule has 0 aliphatic heterocycles. The number of nitrogens with zero attached hydrogens (tertiary/aromatic N) is 1. The molecule has 24 heavy (non-hydrogen) atoms. The third kappa shape index (κ3) is 4.01. The molecule has 0 unspecified atom stereocenters. The fraction of sp³-hybridized carbons (Fsp3) is 0.158. The molecule has 0 spiro atoms. The molecular formula is C19H18N2O3. The Morgan fingerprint density at radius 2 is 1.88 bits per heavy atom. The molecule has 5 heteroatoms. The van der Waals surface area contributed by atoms with Gasteiger partial charge >= 0.3 is 0 Å². The van der Waals surface area contributed by atoms with E-state index in [-0.39, 0.29) is 5.91 Å². The average molecular weight is 322 g/mol. The first-order valence-electron chi connectivity index (χ1n) is 7.65. The minimum absolute atomic E-state index is 0.0653. The molecule has 0 fully saturated rings. The van der Waals surface area contributed by atoms with Crippen LogP contribution in [0.4, 0.5) is 0 Å². The van der Waals surface area contributed by atoms with E-state index in [1.165, 1.54) is 0 Å². The summed E-state index contributed by atoms with van der Waals surface area (Å²) in [6, 6.07) is 19.0. The third-order valence-electron chi connectivity index (χ3n) is 3.61. The highest BCUT2D eigenvalue weighted by Crippen LogP contribution is 2.19. The van der Waals surface area contributed by atoms with Gasteiger partial charge in [0.05, 0.1) is 20.1 Å². The highest BCUT2D eigenvalue weighted by Gasteiger charge is 2.08. The molecule has 0 radical (unpaired) electrons. The lowest BCUT2D eigenvalue weighted by Gasteiger charge is -2.04. The Morgan fingerprint density at radius 1 is 1.12 bits per heavy atom. The van der Waals surface area contributed by atoms with Crippen molar-refractivity contribution in [2.45, 2.75) is 13.0 Å². The molecule has 1 heterocycles. The Morgan fingerprint density at radius 3 is 2.58 bits per heavy atom. The van der Waals surface area contributed by atoms with E-state index in [0.717, 1.165) is 16.9 Å². The number of carbonyl (C=O) groups is 1. The van der Waals surface area contributed by atoms with Crippen molar-refractivity contribution in [1.29, 1.82) is 0 Å². The first kappa shape index (κ1) is 15.8. The van der Waals surface area contributed by atoms with Crippen LogP contribution in [0, 0.1) is 0 Å². The molecule has 122 valence electrons. The summed E-state index contributed by atoms with van der Waals surface area (Å²) in [5.41, 5.74) is 2.58. The SMILES string of the molecule is COc1ccc(CC(=O)NCc2cc(-c3ccccc3)on2)cc1. The maximum absolute atomic E-state index is 12.0. The van der Waals surface area contributed by atoms with Crippen LogP contribution >= 0.6 is 0 Å². The van der Waals surface area contributed by atoms with E-state index >= 15 is 0 Å². The lowest BCUT2D eigenvalue weighted by atomic mass is 10.1. The minimum atomic E-state index is -0.0653. The minimum Gasteiger partial charge on any atom is -0.497 e. The molecule has 1 amide bonds. The second kappa shape index (κ2) is 7.46. The molecule has 0 saturated heterocycles. The van der Waals surface area contributed by atoms with E-state index in [0.29, 0.717) is 24.4 Å². The van der Waals surface area contributed by atoms with Gasteiger partial charge in [-0.2, -0.15) is 0 Å². The van der Waals surface area contributed by atoms with Gasteiger partial charge in [0, 0.05) is 11.6 Å². The lowest BCUT2D eigenvalue weighted by molar-refractivity contribution is -0.120. The van der Waals surface area contributed by atoms with Gasteiger partial charge in [0.25, 0.3) is 0 Å². The number of hydrogen-bond donors (Lipinski definition) is 1. The van der Waals surface area contributed by atoms with Gasteiger partial charge in [-0.25, -0.2) is 0 Å². The zero-order valence-corrected chi connectivity index (χ0v) is 13.4. The predicted octanol–water partition coefficient (Wildman–Crippen LogP) is 3.21. The van der Waals surface area contributed by atoms with Crippen LogP contribution < -0.4 is 10.1 Å². The van der Waals surface area contributed by atoms with Crippen LogP contribution in [0.15, 0.2) is 65.2 Å². The summed E-state index contributed by atoms with van der Waals surface area (Å²) < 4.78 is 10.4. The molecule has 0 aliphatic carbocycles. The predicted molar refractivity (Wildman–Crippen MR) is 90.5 cm³/mol. The lowest BCUT2D eigenvalue weighted by Crippen LogP contribution is -2.24. The van der Waals surface area contributed by atoms with Gasteiger partial charge < -0.3 is 14.6 Å². The Kier molecular flexibility index (Phi) is 4.91. The quantitative estimate of drug-likeness (QED) is 0.757. The number of rotatable bonds is 6. The zero-order valence-electron chi connectivity index (χ0n) is 13.4. The molecule has 5 nitrogen and oxygen atoms in total. The van der Waals surface area contributed by atoms with E-state index in [1.807, 2.05) is 60.7 Å². The Labute approximate surface area is 140 Å². The van der Waals surface area contributed by atoms with Crippen LogP contribution in [0.5, 0.6) is 5.75 Å². The first-order valence-corrected chi connectivity index (χ1v) is 7.65. The average Bonchev–Trinajstić information content (AvgIpc) is 3.10. The highest BCUT2D eigenvalue weighted by atomic mass is 16.5. The van der Waals surface area contributed by atoms with Gasteiger partial charge in [0.2, 0.25) is 5.91 Å². The summed E-state index contributed by atoms with van der Waals surface area (Å²) in [7, 11) is 1.61. The van der Waals surface area contributed by atoms with Gasteiger partial charge in [0.15, 0.2) is 5.76 Å². The van der Waals surface area contributed by atoms with E-state index in [4.69, 9.17) is 9.26 Å². The van der Waals surface area contributed by atoms with Crippen molar-refractivity contribution in [3.63, 3.8) is 0 Å². The van der Waals surface area contributed by atoms with Crippen molar-refractivity contribution >= 4 is 5.91 Å². The standard InChI is InChI=1S/C19H18N2O3/c1-23-17-9-7-14(8-10-17)11-19(22)20-13-16-12-18(24-21-16)15-5-3-2-4-6-15/h2-10,12H,11,13H2,1H3,(H,20,22). The maximum Gasteiger partial charge on any atom is 0.224 e. The van der Waals surface area contributed by atoms with E-state index in [9.17, 15) is 4.79 Å². The van der Waals surface area contributed by atoms with Gasteiger partial charge in [-0.05, 0) is 17.7 Å². The first-order chi connectivity index (χ1) is 11.7. The number of amides is 1. The number of aromatic nitrogens is 1. The molecule has 0 atom stereocenters. The second-order valence-corrected chi connectivity index (χ2v) is 5.35. The van der Waals surface area contributed by atoms with Crippen molar-refractivity contribution in [2.24, 2.45) is 0 Å². The molecule has 1 aromatic heterocycles. The number of methoxy groups -OCH3 is 1. The Hall–Kier alpha value is -3.08. The maximum atomic E-state index is 12.0. The van der Waals surface area contributed by atoms with Crippen LogP contribution in [0.1, 0.15) is 11.3 Å². The zero-order chi connectivity index (χ0) is 16.8. The van der Waals surface area contributed by atoms with Crippen LogP contribution in [-0.2, 0) is 17.8 Å². The molecule has 0 bridgehead atoms. The summed E-state index contributed by atoms with van der Waals surface area (Å²) in [6.45, 7) is 0.339. The van der Waals surface area contributed by atoms with Gasteiger partial charge in [-0.15, -0.1) is 0 Å². The number of nitrogens with one attached hydrogen (secondary N) is 1. The molecule has 1 N–H and O–H groups in total. The smallest absolute Gasteiger partial charge is 0.224 e. The monoisotopic (exact) mass is 322 g/mol. The number of benzene rings is 2. The van der Waals surface area contributed by atoms with Crippen LogP contribution in [0.25, 0.3) is 11.3 Å². The van der Waals surface area contributed by atoms with Crippen molar-refractivity contribution in [2.75, 3.05) is 7.11 Å². The Balaban J connectivity index is 1.53. The van der Waals surface area contributed by atoms with Gasteiger partial charge in [-0.3, -0.25) is 4.79 Å². The Bertz CT molecular complexity index is 795. The normalized spacial score (nSPS) is 10.4. The summed E-state index contributed by atoms with van der Waals surface area (Å²) in [5.74, 6) is 1.40. The number of ether oxygens (including phenoxy) is 1. The largest absolute Gasteiger partial charge is 0.497 e. The summed E-state index contributed by atoms with van der Waals surface area (Å²) in [4.78, 5) is 12.0. The second-order valence-electron chi connectivity index (χ2n) is 5.35. The van der Waals surface area contributed by atoms with Crippen LogP contribution in [-0.4, -0.2) is 18.2 Å². The molecule has 0 saturated carbocycles. The molecule has 0 aliphatic rings.